The number of rotatable bonds is 4. The highest BCUT2D eigenvalue weighted by Crippen LogP contribution is 2.12. The SMILES string of the molecule is CCN(C)S(=O)(=O)c1ccc(C(N)=S)nc1. The van der Waals surface area contributed by atoms with Gasteiger partial charge in [0.05, 0.1) is 5.69 Å². The summed E-state index contributed by atoms with van der Waals surface area (Å²) in [6.07, 6.45) is 1.26. The van der Waals surface area contributed by atoms with Crippen molar-refractivity contribution in [2.75, 3.05) is 13.6 Å². The van der Waals surface area contributed by atoms with Crippen molar-refractivity contribution in [2.45, 2.75) is 11.8 Å². The minimum atomic E-state index is -3.44. The summed E-state index contributed by atoms with van der Waals surface area (Å²) in [6, 6.07) is 2.95. The molecular weight excluding hydrogens is 246 g/mol. The normalized spacial score (nSPS) is 11.7. The molecule has 88 valence electrons. The minimum Gasteiger partial charge on any atom is -0.388 e. The molecule has 16 heavy (non-hydrogen) atoms. The Balaban J connectivity index is 3.12. The number of aromatic nitrogens is 1. The van der Waals surface area contributed by atoms with Crippen molar-refractivity contribution in [3.8, 4) is 0 Å². The number of sulfonamides is 1. The van der Waals surface area contributed by atoms with Gasteiger partial charge in [-0.25, -0.2) is 12.7 Å². The molecule has 1 aromatic heterocycles. The van der Waals surface area contributed by atoms with Crippen LogP contribution in [0.4, 0.5) is 0 Å². The first-order valence-corrected chi connectivity index (χ1v) is 6.46. The van der Waals surface area contributed by atoms with E-state index in [0.717, 1.165) is 0 Å². The molecule has 5 nitrogen and oxygen atoms in total. The van der Waals surface area contributed by atoms with Crippen LogP contribution in [0.15, 0.2) is 23.2 Å². The van der Waals surface area contributed by atoms with Gasteiger partial charge in [-0.15, -0.1) is 0 Å². The molecule has 2 N–H and O–H groups in total. The van der Waals surface area contributed by atoms with Crippen LogP contribution >= 0.6 is 12.2 Å². The van der Waals surface area contributed by atoms with Gasteiger partial charge >= 0.3 is 0 Å². The van der Waals surface area contributed by atoms with Crippen LogP contribution in [0.25, 0.3) is 0 Å². The van der Waals surface area contributed by atoms with Crippen molar-refractivity contribution in [3.63, 3.8) is 0 Å². The molecule has 0 saturated heterocycles. The van der Waals surface area contributed by atoms with E-state index >= 15 is 0 Å². The van der Waals surface area contributed by atoms with E-state index in [1.165, 1.54) is 29.7 Å². The molecule has 0 aliphatic carbocycles. The Bertz CT molecular complexity index is 482. The minimum absolute atomic E-state index is 0.136. The predicted octanol–water partition coefficient (Wildman–Crippen LogP) is 0.356. The maximum atomic E-state index is 11.9. The molecule has 0 amide bonds. The van der Waals surface area contributed by atoms with Crippen LogP contribution in [0.1, 0.15) is 12.6 Å². The molecule has 0 unspecified atom stereocenters. The molecule has 1 rings (SSSR count). The second kappa shape index (κ2) is 4.86. The van der Waals surface area contributed by atoms with Gasteiger partial charge in [0.25, 0.3) is 0 Å². The van der Waals surface area contributed by atoms with Gasteiger partial charge in [-0.1, -0.05) is 19.1 Å². The largest absolute Gasteiger partial charge is 0.388 e. The number of hydrogen-bond donors (Lipinski definition) is 1. The fourth-order valence-corrected chi connectivity index (χ4v) is 2.28. The maximum Gasteiger partial charge on any atom is 0.244 e. The zero-order valence-corrected chi connectivity index (χ0v) is 10.7. The lowest BCUT2D eigenvalue weighted by atomic mass is 10.3. The Morgan fingerprint density at radius 3 is 2.56 bits per heavy atom. The van der Waals surface area contributed by atoms with Crippen molar-refractivity contribution in [1.82, 2.24) is 9.29 Å². The van der Waals surface area contributed by atoms with Crippen molar-refractivity contribution in [2.24, 2.45) is 5.73 Å². The predicted molar refractivity (Wildman–Crippen MR) is 65.6 cm³/mol. The van der Waals surface area contributed by atoms with E-state index in [0.29, 0.717) is 12.2 Å². The molecule has 0 radical (unpaired) electrons. The standard InChI is InChI=1S/C9H13N3O2S2/c1-3-12(2)16(13,14)7-4-5-8(9(10)15)11-6-7/h4-6H,3H2,1-2H3,(H2,10,15). The van der Waals surface area contributed by atoms with Gasteiger partial charge < -0.3 is 5.73 Å². The van der Waals surface area contributed by atoms with Gasteiger partial charge in [0, 0.05) is 19.8 Å². The topological polar surface area (TPSA) is 76.3 Å². The summed E-state index contributed by atoms with van der Waals surface area (Å²) in [5.74, 6) is 0. The molecule has 0 fully saturated rings. The lowest BCUT2D eigenvalue weighted by Crippen LogP contribution is -2.26. The number of hydrogen-bond acceptors (Lipinski definition) is 4. The van der Waals surface area contributed by atoms with Crippen molar-refractivity contribution < 1.29 is 8.42 Å². The second-order valence-corrected chi connectivity index (χ2v) is 5.65. The quantitative estimate of drug-likeness (QED) is 0.790. The van der Waals surface area contributed by atoms with E-state index in [-0.39, 0.29) is 9.88 Å². The maximum absolute atomic E-state index is 11.9. The molecular formula is C9H13N3O2S2. The molecule has 7 heteroatoms. The van der Waals surface area contributed by atoms with E-state index < -0.39 is 10.0 Å². The van der Waals surface area contributed by atoms with Crippen LogP contribution in [0.2, 0.25) is 0 Å². The summed E-state index contributed by atoms with van der Waals surface area (Å²) in [7, 11) is -1.93. The molecule has 0 aliphatic heterocycles. The Kier molecular flexibility index (Phi) is 3.95. The number of thiocarbonyl (C=S) groups is 1. The first-order chi connectivity index (χ1) is 7.39. The fraction of sp³-hybridized carbons (Fsp3) is 0.333. The fourth-order valence-electron chi connectivity index (χ4n) is 1.03. The smallest absolute Gasteiger partial charge is 0.244 e. The summed E-state index contributed by atoms with van der Waals surface area (Å²) in [4.78, 5) is 4.17. The van der Waals surface area contributed by atoms with Gasteiger partial charge in [0.15, 0.2) is 0 Å². The molecule has 0 saturated carbocycles. The van der Waals surface area contributed by atoms with Crippen LogP contribution < -0.4 is 5.73 Å². The zero-order chi connectivity index (χ0) is 12.3. The van der Waals surface area contributed by atoms with Crippen LogP contribution in [-0.4, -0.2) is 36.3 Å². The van der Waals surface area contributed by atoms with Crippen molar-refractivity contribution >= 4 is 27.2 Å². The summed E-state index contributed by atoms with van der Waals surface area (Å²) in [5.41, 5.74) is 5.78. The van der Waals surface area contributed by atoms with E-state index in [1.54, 1.807) is 6.92 Å². The molecule has 1 heterocycles. The number of pyridine rings is 1. The third kappa shape index (κ3) is 2.55. The molecule has 0 bridgehead atoms. The number of nitrogens with zero attached hydrogens (tertiary/aromatic N) is 2. The van der Waals surface area contributed by atoms with E-state index in [4.69, 9.17) is 18.0 Å². The third-order valence-corrected chi connectivity index (χ3v) is 4.27. The van der Waals surface area contributed by atoms with Crippen molar-refractivity contribution in [3.05, 3.63) is 24.0 Å². The first kappa shape index (κ1) is 13.0. The average molecular weight is 259 g/mol. The van der Waals surface area contributed by atoms with E-state index in [9.17, 15) is 8.42 Å². The van der Waals surface area contributed by atoms with Crippen molar-refractivity contribution in [1.29, 1.82) is 0 Å². The Hall–Kier alpha value is -1.05. The lowest BCUT2D eigenvalue weighted by molar-refractivity contribution is 0.486. The van der Waals surface area contributed by atoms with Gasteiger partial charge in [-0.2, -0.15) is 0 Å². The van der Waals surface area contributed by atoms with Gasteiger partial charge in [-0.05, 0) is 12.1 Å². The highest BCUT2D eigenvalue weighted by Gasteiger charge is 2.19. The van der Waals surface area contributed by atoms with Gasteiger partial charge in [-0.3, -0.25) is 4.98 Å². The van der Waals surface area contributed by atoms with Crippen LogP contribution in [0, 0.1) is 0 Å². The monoisotopic (exact) mass is 259 g/mol. The van der Waals surface area contributed by atoms with Gasteiger partial charge in [0.2, 0.25) is 10.0 Å². The second-order valence-electron chi connectivity index (χ2n) is 3.16. The summed E-state index contributed by atoms with van der Waals surface area (Å²) in [5, 5.41) is 0. The molecule has 0 atom stereocenters. The average Bonchev–Trinajstić information content (AvgIpc) is 2.28. The van der Waals surface area contributed by atoms with Crippen LogP contribution in [0.3, 0.4) is 0 Å². The Morgan fingerprint density at radius 1 is 1.56 bits per heavy atom. The van der Waals surface area contributed by atoms with Crippen LogP contribution in [0.5, 0.6) is 0 Å². The summed E-state index contributed by atoms with van der Waals surface area (Å²) in [6.45, 7) is 2.16. The highest BCUT2D eigenvalue weighted by molar-refractivity contribution is 7.89. The first-order valence-electron chi connectivity index (χ1n) is 4.61. The Labute approximate surface area is 100 Å². The summed E-state index contributed by atoms with van der Waals surface area (Å²) >= 11 is 4.73. The Morgan fingerprint density at radius 2 is 2.19 bits per heavy atom. The third-order valence-electron chi connectivity index (χ3n) is 2.14. The molecule has 0 aromatic carbocycles. The summed E-state index contributed by atoms with van der Waals surface area (Å²) < 4.78 is 25.0. The molecule has 0 aliphatic rings. The molecule has 0 spiro atoms. The van der Waals surface area contributed by atoms with Crippen LogP contribution in [-0.2, 0) is 10.0 Å². The van der Waals surface area contributed by atoms with Gasteiger partial charge in [0.1, 0.15) is 9.88 Å². The molecule has 1 aromatic rings. The number of nitrogens with two attached hydrogens (primary N) is 1. The highest BCUT2D eigenvalue weighted by atomic mass is 32.2. The van der Waals surface area contributed by atoms with E-state index in [2.05, 4.69) is 4.98 Å². The zero-order valence-electron chi connectivity index (χ0n) is 9.04. The lowest BCUT2D eigenvalue weighted by Gasteiger charge is -2.14. The van der Waals surface area contributed by atoms with E-state index in [1.807, 2.05) is 0 Å².